The van der Waals surface area contributed by atoms with Gasteiger partial charge in [-0.1, -0.05) is 18.2 Å². The second-order valence-corrected chi connectivity index (χ2v) is 3.83. The fourth-order valence-electron chi connectivity index (χ4n) is 1.81. The number of aldehydes is 1. The Morgan fingerprint density at radius 2 is 2.07 bits per heavy atom. The van der Waals surface area contributed by atoms with Gasteiger partial charge in [0.2, 0.25) is 0 Å². The summed E-state index contributed by atoms with van der Waals surface area (Å²) in [5.74, 6) is 0. The number of carbonyl (C=O) groups excluding carboxylic acids is 1. The molecular weight excluding hydrogens is 188 g/mol. The van der Waals surface area contributed by atoms with E-state index in [1.54, 1.807) is 0 Å². The summed E-state index contributed by atoms with van der Waals surface area (Å²) in [5, 5.41) is 1.11. The van der Waals surface area contributed by atoms with Crippen molar-refractivity contribution in [1.82, 2.24) is 9.88 Å². The number of nitrogens with zero attached hydrogens (tertiary/aromatic N) is 1. The predicted octanol–water partition coefficient (Wildman–Crippen LogP) is 1.97. The molecule has 1 unspecified atom stereocenters. The summed E-state index contributed by atoms with van der Waals surface area (Å²) < 4.78 is 0. The number of rotatable bonds is 3. The number of aromatic amines is 1. The van der Waals surface area contributed by atoms with Gasteiger partial charge in [0.15, 0.2) is 0 Å². The Bertz CT molecular complexity index is 473. The van der Waals surface area contributed by atoms with Crippen molar-refractivity contribution in [2.75, 3.05) is 14.1 Å². The Balaban J connectivity index is 2.55. The number of para-hydroxylation sites is 1. The van der Waals surface area contributed by atoms with Gasteiger partial charge in [0.05, 0.1) is 6.04 Å². The van der Waals surface area contributed by atoms with Crippen LogP contribution in [0.4, 0.5) is 0 Å². The molecule has 78 valence electrons. The van der Waals surface area contributed by atoms with Gasteiger partial charge in [0.25, 0.3) is 0 Å². The van der Waals surface area contributed by atoms with E-state index in [1.807, 2.05) is 49.5 Å². The molecule has 0 radical (unpaired) electrons. The predicted molar refractivity (Wildman–Crippen MR) is 60.8 cm³/mol. The molecule has 1 N–H and O–H groups in total. The third-order valence-corrected chi connectivity index (χ3v) is 2.63. The molecule has 1 aromatic carbocycles. The minimum atomic E-state index is -0.179. The van der Waals surface area contributed by atoms with Crippen molar-refractivity contribution in [2.45, 2.75) is 6.04 Å². The SMILES string of the molecule is CN(C)C(C=O)c1c[nH]c2ccccc12. The highest BCUT2D eigenvalue weighted by Gasteiger charge is 2.16. The van der Waals surface area contributed by atoms with Crippen LogP contribution < -0.4 is 0 Å². The molecule has 0 aliphatic heterocycles. The van der Waals surface area contributed by atoms with Crippen LogP contribution in [0.25, 0.3) is 10.9 Å². The Morgan fingerprint density at radius 1 is 1.33 bits per heavy atom. The highest BCUT2D eigenvalue weighted by molar-refractivity contribution is 5.86. The second-order valence-electron chi connectivity index (χ2n) is 3.83. The molecule has 0 spiro atoms. The Labute approximate surface area is 88.7 Å². The van der Waals surface area contributed by atoms with E-state index < -0.39 is 0 Å². The topological polar surface area (TPSA) is 36.1 Å². The monoisotopic (exact) mass is 202 g/mol. The van der Waals surface area contributed by atoms with Crippen LogP contribution in [0.2, 0.25) is 0 Å². The van der Waals surface area contributed by atoms with Crippen LogP contribution in [0.15, 0.2) is 30.5 Å². The first-order valence-corrected chi connectivity index (χ1v) is 4.92. The number of fused-ring (bicyclic) bond motifs is 1. The standard InChI is InChI=1S/C12H14N2O/c1-14(2)12(8-15)10-7-13-11-6-4-3-5-9(10)11/h3-8,12-13H,1-2H3. The maximum Gasteiger partial charge on any atom is 0.141 e. The van der Waals surface area contributed by atoms with E-state index in [1.165, 1.54) is 0 Å². The first kappa shape index (κ1) is 9.93. The molecule has 0 saturated carbocycles. The van der Waals surface area contributed by atoms with E-state index in [2.05, 4.69) is 4.98 Å². The number of nitrogens with one attached hydrogen (secondary N) is 1. The van der Waals surface area contributed by atoms with E-state index in [-0.39, 0.29) is 6.04 Å². The highest BCUT2D eigenvalue weighted by atomic mass is 16.1. The van der Waals surface area contributed by atoms with Gasteiger partial charge >= 0.3 is 0 Å². The molecule has 1 aromatic heterocycles. The summed E-state index contributed by atoms with van der Waals surface area (Å²) in [7, 11) is 3.81. The lowest BCUT2D eigenvalue weighted by atomic mass is 10.1. The van der Waals surface area contributed by atoms with Gasteiger partial charge in [-0.3, -0.25) is 4.90 Å². The fourth-order valence-corrected chi connectivity index (χ4v) is 1.81. The van der Waals surface area contributed by atoms with Crippen molar-refractivity contribution in [1.29, 1.82) is 0 Å². The molecule has 0 saturated heterocycles. The Kier molecular flexibility index (Phi) is 2.56. The summed E-state index contributed by atoms with van der Waals surface area (Å²) in [5.41, 5.74) is 2.10. The summed E-state index contributed by atoms with van der Waals surface area (Å²) in [6.07, 6.45) is 2.87. The van der Waals surface area contributed by atoms with E-state index in [9.17, 15) is 4.79 Å². The largest absolute Gasteiger partial charge is 0.361 e. The van der Waals surface area contributed by atoms with E-state index in [0.717, 1.165) is 22.8 Å². The lowest BCUT2D eigenvalue weighted by Crippen LogP contribution is -2.20. The Hall–Kier alpha value is -1.61. The molecule has 0 fully saturated rings. The summed E-state index contributed by atoms with van der Waals surface area (Å²) in [6, 6.07) is 7.82. The normalized spacial score (nSPS) is 13.3. The van der Waals surface area contributed by atoms with Crippen LogP contribution in [0.1, 0.15) is 11.6 Å². The van der Waals surface area contributed by atoms with Crippen LogP contribution in [0.3, 0.4) is 0 Å². The van der Waals surface area contributed by atoms with E-state index in [4.69, 9.17) is 0 Å². The van der Waals surface area contributed by atoms with Crippen LogP contribution in [0, 0.1) is 0 Å². The van der Waals surface area contributed by atoms with Crippen molar-refractivity contribution in [2.24, 2.45) is 0 Å². The minimum absolute atomic E-state index is 0.179. The van der Waals surface area contributed by atoms with Gasteiger partial charge in [-0.2, -0.15) is 0 Å². The molecule has 3 nitrogen and oxygen atoms in total. The number of likely N-dealkylation sites (N-methyl/N-ethyl adjacent to an activating group) is 1. The van der Waals surface area contributed by atoms with E-state index >= 15 is 0 Å². The van der Waals surface area contributed by atoms with Crippen molar-refractivity contribution in [3.05, 3.63) is 36.0 Å². The number of carbonyl (C=O) groups is 1. The third kappa shape index (κ3) is 1.66. The summed E-state index contributed by atoms with van der Waals surface area (Å²) >= 11 is 0. The van der Waals surface area contributed by atoms with Gasteiger partial charge in [-0.15, -0.1) is 0 Å². The van der Waals surface area contributed by atoms with E-state index in [0.29, 0.717) is 0 Å². The Morgan fingerprint density at radius 3 is 2.73 bits per heavy atom. The number of benzene rings is 1. The van der Waals surface area contributed by atoms with Crippen LogP contribution in [-0.2, 0) is 4.79 Å². The van der Waals surface area contributed by atoms with Gasteiger partial charge < -0.3 is 9.78 Å². The molecule has 1 heterocycles. The second kappa shape index (κ2) is 3.87. The number of hydrogen-bond acceptors (Lipinski definition) is 2. The van der Waals surface area contributed by atoms with Crippen molar-refractivity contribution < 1.29 is 4.79 Å². The van der Waals surface area contributed by atoms with Gasteiger partial charge in [-0.05, 0) is 20.2 Å². The van der Waals surface area contributed by atoms with Crippen LogP contribution in [0.5, 0.6) is 0 Å². The highest BCUT2D eigenvalue weighted by Crippen LogP contribution is 2.25. The minimum Gasteiger partial charge on any atom is -0.361 e. The molecule has 1 atom stereocenters. The molecule has 2 rings (SSSR count). The third-order valence-electron chi connectivity index (χ3n) is 2.63. The first-order valence-electron chi connectivity index (χ1n) is 4.92. The first-order chi connectivity index (χ1) is 7.24. The molecule has 0 aliphatic rings. The molecule has 15 heavy (non-hydrogen) atoms. The summed E-state index contributed by atoms with van der Waals surface area (Å²) in [4.78, 5) is 16.1. The zero-order chi connectivity index (χ0) is 10.8. The zero-order valence-electron chi connectivity index (χ0n) is 8.90. The molecule has 0 aliphatic carbocycles. The van der Waals surface area contributed by atoms with Crippen molar-refractivity contribution >= 4 is 17.2 Å². The molecule has 2 aromatic rings. The summed E-state index contributed by atoms with van der Waals surface area (Å²) in [6.45, 7) is 0. The van der Waals surface area contributed by atoms with Gasteiger partial charge in [0.1, 0.15) is 6.29 Å². The van der Waals surface area contributed by atoms with Crippen LogP contribution >= 0.6 is 0 Å². The maximum absolute atomic E-state index is 11.0. The smallest absolute Gasteiger partial charge is 0.141 e. The maximum atomic E-state index is 11.0. The van der Waals surface area contributed by atoms with Crippen molar-refractivity contribution in [3.8, 4) is 0 Å². The number of H-pyrrole nitrogens is 1. The molecule has 3 heteroatoms. The number of hydrogen-bond donors (Lipinski definition) is 1. The van der Waals surface area contributed by atoms with Gasteiger partial charge in [-0.25, -0.2) is 0 Å². The van der Waals surface area contributed by atoms with Gasteiger partial charge in [0, 0.05) is 22.7 Å². The molecular formula is C12H14N2O. The lowest BCUT2D eigenvalue weighted by Gasteiger charge is -2.17. The zero-order valence-corrected chi connectivity index (χ0v) is 8.90. The average Bonchev–Trinajstić information content (AvgIpc) is 2.63. The quantitative estimate of drug-likeness (QED) is 0.772. The molecule has 0 amide bonds. The fraction of sp³-hybridized carbons (Fsp3) is 0.250. The lowest BCUT2D eigenvalue weighted by molar-refractivity contribution is -0.111. The number of aromatic nitrogens is 1. The molecule has 0 bridgehead atoms. The van der Waals surface area contributed by atoms with Crippen LogP contribution in [-0.4, -0.2) is 30.3 Å². The average molecular weight is 202 g/mol. The van der Waals surface area contributed by atoms with Crippen molar-refractivity contribution in [3.63, 3.8) is 0 Å².